The molecule has 1 rings (SSSR count). The van der Waals surface area contributed by atoms with E-state index in [-0.39, 0.29) is 19.9 Å². The molecule has 0 atom stereocenters. The zero-order valence-corrected chi connectivity index (χ0v) is 6.84. The average Bonchev–Trinajstić information content (AvgIpc) is 2.09. The van der Waals surface area contributed by atoms with Gasteiger partial charge in [0.2, 0.25) is 0 Å². The second-order valence-electron chi connectivity index (χ2n) is 2.63. The lowest BCUT2D eigenvalue weighted by molar-refractivity contribution is 0.281. The zero-order chi connectivity index (χ0) is 9.14. The summed E-state index contributed by atoms with van der Waals surface area (Å²) in [6.07, 6.45) is 0. The van der Waals surface area contributed by atoms with E-state index in [0.717, 1.165) is 0 Å². The van der Waals surface area contributed by atoms with Crippen molar-refractivity contribution in [2.45, 2.75) is 13.5 Å². The molecule has 0 aliphatic carbocycles. The van der Waals surface area contributed by atoms with Crippen LogP contribution in [0.2, 0.25) is 0 Å². The molecule has 0 fully saturated rings. The fraction of sp³-hybridized carbons (Fsp3) is 0.250. The SMILES string of the molecule is Cc1c(F)ccc(BO)c1CO. The first-order chi connectivity index (χ1) is 5.70. The van der Waals surface area contributed by atoms with Gasteiger partial charge in [0.05, 0.1) is 6.61 Å². The Balaban J connectivity index is 3.25. The number of aliphatic hydroxyl groups excluding tert-OH is 1. The van der Waals surface area contributed by atoms with E-state index in [9.17, 15) is 4.39 Å². The first-order valence-corrected chi connectivity index (χ1v) is 3.69. The Morgan fingerprint density at radius 1 is 1.50 bits per heavy atom. The van der Waals surface area contributed by atoms with E-state index in [4.69, 9.17) is 10.1 Å². The molecule has 0 radical (unpaired) electrons. The minimum atomic E-state index is -0.351. The third-order valence-corrected chi connectivity index (χ3v) is 1.96. The van der Waals surface area contributed by atoms with E-state index in [1.54, 1.807) is 6.92 Å². The predicted molar refractivity (Wildman–Crippen MR) is 46.1 cm³/mol. The summed E-state index contributed by atoms with van der Waals surface area (Å²) < 4.78 is 12.9. The summed E-state index contributed by atoms with van der Waals surface area (Å²) in [5, 5.41) is 17.7. The van der Waals surface area contributed by atoms with Crippen LogP contribution in [-0.4, -0.2) is 17.6 Å². The number of halogens is 1. The van der Waals surface area contributed by atoms with Crippen LogP contribution in [0.1, 0.15) is 11.1 Å². The highest BCUT2D eigenvalue weighted by Crippen LogP contribution is 2.09. The zero-order valence-electron chi connectivity index (χ0n) is 6.84. The summed E-state index contributed by atoms with van der Waals surface area (Å²) in [7, 11) is -0.170. The van der Waals surface area contributed by atoms with Gasteiger partial charge in [-0.3, -0.25) is 0 Å². The maximum atomic E-state index is 12.9. The topological polar surface area (TPSA) is 40.5 Å². The lowest BCUT2D eigenvalue weighted by atomic mass is 9.82. The van der Waals surface area contributed by atoms with Crippen LogP contribution in [0.5, 0.6) is 0 Å². The van der Waals surface area contributed by atoms with E-state index in [1.807, 2.05) is 0 Å². The molecule has 4 heteroatoms. The van der Waals surface area contributed by atoms with Crippen molar-refractivity contribution in [3.63, 3.8) is 0 Å². The molecule has 12 heavy (non-hydrogen) atoms. The van der Waals surface area contributed by atoms with Gasteiger partial charge in [0.25, 0.3) is 0 Å². The summed E-state index contributed by atoms with van der Waals surface area (Å²) in [6.45, 7) is 1.35. The molecule has 0 saturated heterocycles. The van der Waals surface area contributed by atoms with Crippen molar-refractivity contribution in [1.82, 2.24) is 0 Å². The number of aliphatic hydroxyl groups is 1. The van der Waals surface area contributed by atoms with Crippen LogP contribution in [0.15, 0.2) is 12.1 Å². The van der Waals surface area contributed by atoms with Crippen molar-refractivity contribution in [3.8, 4) is 0 Å². The monoisotopic (exact) mass is 168 g/mol. The fourth-order valence-electron chi connectivity index (χ4n) is 1.15. The van der Waals surface area contributed by atoms with E-state index in [2.05, 4.69) is 0 Å². The summed E-state index contributed by atoms with van der Waals surface area (Å²) >= 11 is 0. The number of hydrogen-bond donors (Lipinski definition) is 2. The van der Waals surface area contributed by atoms with Crippen LogP contribution in [0.4, 0.5) is 4.39 Å². The Morgan fingerprint density at radius 3 is 2.67 bits per heavy atom. The molecule has 0 bridgehead atoms. The van der Waals surface area contributed by atoms with Crippen molar-refractivity contribution in [1.29, 1.82) is 0 Å². The van der Waals surface area contributed by atoms with Crippen LogP contribution < -0.4 is 5.46 Å². The van der Waals surface area contributed by atoms with E-state index < -0.39 is 0 Å². The third-order valence-electron chi connectivity index (χ3n) is 1.96. The van der Waals surface area contributed by atoms with Gasteiger partial charge < -0.3 is 10.1 Å². The summed E-state index contributed by atoms with van der Waals surface area (Å²) in [4.78, 5) is 0. The van der Waals surface area contributed by atoms with Gasteiger partial charge in [-0.2, -0.15) is 0 Å². The molecule has 0 spiro atoms. The van der Waals surface area contributed by atoms with Crippen LogP contribution in [0.25, 0.3) is 0 Å². The molecule has 0 aromatic heterocycles. The Hall–Kier alpha value is -0.865. The smallest absolute Gasteiger partial charge is 0.305 e. The number of hydrogen-bond acceptors (Lipinski definition) is 2. The molecule has 0 amide bonds. The van der Waals surface area contributed by atoms with Gasteiger partial charge in [0.15, 0.2) is 0 Å². The van der Waals surface area contributed by atoms with Crippen molar-refractivity contribution in [3.05, 3.63) is 29.1 Å². The predicted octanol–water partition coefficient (Wildman–Crippen LogP) is -0.404. The maximum absolute atomic E-state index is 12.9. The Labute approximate surface area is 70.9 Å². The molecular formula is C8H10BFO2. The Morgan fingerprint density at radius 2 is 2.17 bits per heavy atom. The van der Waals surface area contributed by atoms with Gasteiger partial charge in [0, 0.05) is 0 Å². The highest BCUT2D eigenvalue weighted by Gasteiger charge is 2.08. The lowest BCUT2D eigenvalue weighted by Crippen LogP contribution is -2.21. The maximum Gasteiger partial charge on any atom is 0.305 e. The van der Waals surface area contributed by atoms with Gasteiger partial charge in [0.1, 0.15) is 5.82 Å². The minimum absolute atomic E-state index is 0.170. The second kappa shape index (κ2) is 3.69. The van der Waals surface area contributed by atoms with Crippen molar-refractivity contribution in [2.24, 2.45) is 0 Å². The highest BCUT2D eigenvalue weighted by molar-refractivity contribution is 6.46. The van der Waals surface area contributed by atoms with E-state index >= 15 is 0 Å². The fourth-order valence-corrected chi connectivity index (χ4v) is 1.15. The van der Waals surface area contributed by atoms with Gasteiger partial charge >= 0.3 is 7.48 Å². The molecule has 0 saturated carbocycles. The van der Waals surface area contributed by atoms with Crippen LogP contribution >= 0.6 is 0 Å². The molecule has 0 heterocycles. The van der Waals surface area contributed by atoms with Gasteiger partial charge in [-0.05, 0) is 29.6 Å². The summed E-state index contributed by atoms with van der Waals surface area (Å²) in [6, 6.07) is 2.77. The van der Waals surface area contributed by atoms with E-state index in [0.29, 0.717) is 16.6 Å². The molecule has 2 N–H and O–H groups in total. The third kappa shape index (κ3) is 1.49. The summed E-state index contributed by atoms with van der Waals surface area (Å²) in [5.41, 5.74) is 1.47. The van der Waals surface area contributed by atoms with Crippen molar-refractivity contribution < 1.29 is 14.5 Å². The van der Waals surface area contributed by atoms with Gasteiger partial charge in [-0.25, -0.2) is 4.39 Å². The van der Waals surface area contributed by atoms with Gasteiger partial charge in [-0.1, -0.05) is 6.07 Å². The standard InChI is InChI=1S/C8H10BFO2/c1-5-6(4-11)7(9-12)2-3-8(5)10/h2-3,9,11-12H,4H2,1H3. The summed E-state index contributed by atoms with van der Waals surface area (Å²) in [5.74, 6) is -0.351. The lowest BCUT2D eigenvalue weighted by Gasteiger charge is -2.07. The highest BCUT2D eigenvalue weighted by atomic mass is 19.1. The molecule has 0 aliphatic heterocycles. The molecule has 1 aromatic rings. The normalized spacial score (nSPS) is 10.0. The minimum Gasteiger partial charge on any atom is -0.449 e. The molecule has 64 valence electrons. The second-order valence-corrected chi connectivity index (χ2v) is 2.63. The van der Waals surface area contributed by atoms with Crippen molar-refractivity contribution >= 4 is 12.9 Å². The first-order valence-electron chi connectivity index (χ1n) is 3.69. The molecule has 2 nitrogen and oxygen atoms in total. The Bertz CT molecular complexity index is 289. The van der Waals surface area contributed by atoms with Gasteiger partial charge in [-0.15, -0.1) is 0 Å². The largest absolute Gasteiger partial charge is 0.449 e. The van der Waals surface area contributed by atoms with E-state index in [1.165, 1.54) is 12.1 Å². The number of benzene rings is 1. The molecular weight excluding hydrogens is 158 g/mol. The number of rotatable bonds is 2. The van der Waals surface area contributed by atoms with Crippen LogP contribution in [0.3, 0.4) is 0 Å². The molecule has 1 aromatic carbocycles. The Kier molecular flexibility index (Phi) is 2.84. The quantitative estimate of drug-likeness (QED) is 0.589. The van der Waals surface area contributed by atoms with Crippen LogP contribution in [-0.2, 0) is 6.61 Å². The van der Waals surface area contributed by atoms with Crippen molar-refractivity contribution in [2.75, 3.05) is 0 Å². The average molecular weight is 168 g/mol. The molecule has 0 aliphatic rings. The van der Waals surface area contributed by atoms with Crippen LogP contribution in [0, 0.1) is 12.7 Å². The molecule has 0 unspecified atom stereocenters. The first kappa shape index (κ1) is 9.22.